The zero-order valence-corrected chi connectivity index (χ0v) is 28.6. The number of ether oxygens (including phenoxy) is 2. The molecule has 20 nitrogen and oxygen atoms in total. The van der Waals surface area contributed by atoms with Crippen molar-refractivity contribution in [2.45, 2.75) is 49.2 Å². The maximum absolute atomic E-state index is 15.9. The van der Waals surface area contributed by atoms with Crippen molar-refractivity contribution in [3.05, 3.63) is 70.0 Å². The predicted molar refractivity (Wildman–Crippen MR) is 170 cm³/mol. The molecule has 3 fully saturated rings. The highest BCUT2D eigenvalue weighted by Crippen LogP contribution is 2.51. The topological polar surface area (TPSA) is 316 Å². The number of alkyl halides is 2. The number of nitrogens with two attached hydrogens (primary N) is 1. The largest absolute Gasteiger partial charge is 0.780 e. The predicted octanol–water partition coefficient (Wildman–Crippen LogP) is 0.720. The summed E-state index contributed by atoms with van der Waals surface area (Å²) in [5.41, 5.74) is 4.48. The molecule has 2 unspecified atom stereocenters. The lowest BCUT2D eigenvalue weighted by atomic mass is 10.1. The van der Waals surface area contributed by atoms with Crippen molar-refractivity contribution in [2.75, 3.05) is 18.9 Å². The number of H-pyrrole nitrogens is 1. The van der Waals surface area contributed by atoms with Crippen LogP contribution in [0.15, 0.2) is 58.8 Å². The van der Waals surface area contributed by atoms with Crippen LogP contribution in [-0.4, -0.2) is 79.0 Å². The molecule has 50 heavy (non-hydrogen) atoms. The van der Waals surface area contributed by atoms with Crippen molar-refractivity contribution >= 4 is 43.3 Å². The van der Waals surface area contributed by atoms with Gasteiger partial charge in [0.15, 0.2) is 36.3 Å². The lowest BCUT2D eigenvalue weighted by Gasteiger charge is -2.34. The smallest absolute Gasteiger partial charge is 0.330 e. The van der Waals surface area contributed by atoms with E-state index in [0.717, 1.165) is 28.0 Å². The van der Waals surface area contributed by atoms with E-state index in [1.807, 2.05) is 0 Å². The summed E-state index contributed by atoms with van der Waals surface area (Å²) in [6, 6.07) is 8.12. The fourth-order valence-corrected chi connectivity index (χ4v) is 7.87. The summed E-state index contributed by atoms with van der Waals surface area (Å²) < 4.78 is 78.7. The average molecular weight is 766 g/mol. The van der Waals surface area contributed by atoms with Gasteiger partial charge in [-0.05, 0) is 5.56 Å². The van der Waals surface area contributed by atoms with Gasteiger partial charge in [0, 0.05) is 6.20 Å². The Kier molecular flexibility index (Phi) is 10.8. The standard InChI is InChI=1S/C25H25F2N7O11P2S.2H3N/c26-15-14-8-41-47(39,48)45-19-16(27)13(42-23(19)33-6-12(22(35)32-25(33)36)11-4-2-1-3-5-11)7-40-46(37,38)44-18(15)24(43-14)34-10-31-17-20(28)29-9-30-21(17)34;;/h1-6,9-10,13-16,18-19,23-24H,7-8H2,(H,37,38)(H,39,48)(H2,28,29,30)(H,32,35,36);2*1H3/t13-,14-,15-,16-,18-,19-,23-,24-,47?;;/m1../s1. The number of halogens is 2. The molecule has 6 heterocycles. The van der Waals surface area contributed by atoms with Gasteiger partial charge in [0.2, 0.25) is 0 Å². The molecule has 3 aromatic heterocycles. The molecule has 10 atom stereocenters. The first-order chi connectivity index (χ1) is 22.8. The Morgan fingerprint density at radius 3 is 2.22 bits per heavy atom. The highest BCUT2D eigenvalue weighted by molar-refractivity contribution is 8.06. The summed E-state index contributed by atoms with van der Waals surface area (Å²) in [5, 5.41) is 0. The monoisotopic (exact) mass is 765 g/mol. The molecule has 4 bridgehead atoms. The number of nitrogen functional groups attached to an aromatic ring is 1. The van der Waals surface area contributed by atoms with Gasteiger partial charge >= 0.3 is 5.69 Å². The van der Waals surface area contributed by atoms with E-state index in [9.17, 15) is 23.9 Å². The Balaban J connectivity index is 0.00000243. The summed E-state index contributed by atoms with van der Waals surface area (Å²) in [7, 11) is -5.48. The Hall–Kier alpha value is -3.41. The minimum absolute atomic E-state index is 0. The third-order valence-corrected chi connectivity index (χ3v) is 10.3. The summed E-state index contributed by atoms with van der Waals surface area (Å²) >= 11 is 5.00. The molecular weight excluding hydrogens is 734 g/mol. The van der Waals surface area contributed by atoms with Crippen molar-refractivity contribution < 1.29 is 50.7 Å². The fraction of sp³-hybridized carbons (Fsp3) is 0.400. The Labute approximate surface area is 284 Å². The first kappa shape index (κ1) is 37.8. The molecule has 272 valence electrons. The summed E-state index contributed by atoms with van der Waals surface area (Å²) in [6.07, 6.45) is -12.0. The number of quaternary nitrogens is 2. The molecule has 3 aliphatic rings. The van der Waals surface area contributed by atoms with Crippen LogP contribution < -0.4 is 39.1 Å². The van der Waals surface area contributed by atoms with Crippen LogP contribution in [0.3, 0.4) is 0 Å². The van der Waals surface area contributed by atoms with Gasteiger partial charge in [-0.25, -0.2) is 28.5 Å². The van der Waals surface area contributed by atoms with E-state index >= 15 is 8.78 Å². The number of nitrogens with one attached hydrogen (secondary N) is 1. The first-order valence-corrected chi connectivity index (χ1v) is 18.0. The number of anilines is 1. The van der Waals surface area contributed by atoms with E-state index in [1.54, 1.807) is 30.3 Å². The molecule has 7 rings (SSSR count). The van der Waals surface area contributed by atoms with Crippen molar-refractivity contribution in [2.24, 2.45) is 0 Å². The second-order valence-corrected chi connectivity index (χ2v) is 14.9. The highest BCUT2D eigenvalue weighted by Gasteiger charge is 2.52. The van der Waals surface area contributed by atoms with Gasteiger partial charge in [-0.3, -0.25) is 23.5 Å². The fourth-order valence-electron chi connectivity index (χ4n) is 5.57. The zero-order chi connectivity index (χ0) is 34.0. The number of fused-ring (bicyclic) bond motifs is 5. The molecule has 4 aromatic rings. The normalized spacial score (nSPS) is 34.4. The molecule has 0 saturated carbocycles. The van der Waals surface area contributed by atoms with Crippen LogP contribution in [0.2, 0.25) is 0 Å². The van der Waals surface area contributed by atoms with Gasteiger partial charge in [0.05, 0.1) is 25.1 Å². The number of hydrogen-bond donors (Lipinski definition) is 4. The van der Waals surface area contributed by atoms with E-state index in [0.29, 0.717) is 5.56 Å². The van der Waals surface area contributed by atoms with Crippen LogP contribution in [0.5, 0.6) is 0 Å². The molecular formula is C25H31F2N9O11P2S. The van der Waals surface area contributed by atoms with Crippen LogP contribution in [-0.2, 0) is 43.9 Å². The van der Waals surface area contributed by atoms with Gasteiger partial charge < -0.3 is 55.4 Å². The number of aromatic amines is 1. The van der Waals surface area contributed by atoms with Gasteiger partial charge in [0.25, 0.3) is 13.4 Å². The molecule has 3 saturated heterocycles. The third kappa shape index (κ3) is 7.05. The SMILES string of the molecule is Nc1ncnc2c1ncn2[C@@H]1O[C@@H]2COP([O-])(=S)O[C@@H]3[C@H](F)[C@@H](COP(=O)([O-])O[C@@H]1[C@@H]2F)O[C@H]3n1cc(-c2ccccc2)c(=O)[nH]c1=O.[NH4+].[NH4+]. The van der Waals surface area contributed by atoms with Crippen LogP contribution in [0.25, 0.3) is 22.3 Å². The number of hydrogen-bond acceptors (Lipinski definition) is 16. The first-order valence-electron chi connectivity index (χ1n) is 14.0. The number of nitrogens with zero attached hydrogens (tertiary/aromatic N) is 5. The lowest BCUT2D eigenvalue weighted by Crippen LogP contribution is -2.39. The maximum atomic E-state index is 15.9. The van der Waals surface area contributed by atoms with Crippen LogP contribution in [0.4, 0.5) is 14.6 Å². The van der Waals surface area contributed by atoms with E-state index in [2.05, 4.69) is 19.9 Å². The summed E-state index contributed by atoms with van der Waals surface area (Å²) in [6.45, 7) is -6.69. The number of phosphoric ester groups is 1. The van der Waals surface area contributed by atoms with Gasteiger partial charge in [-0.1, -0.05) is 42.1 Å². The molecule has 0 amide bonds. The number of imidazole rings is 1. The molecule has 25 heteroatoms. The van der Waals surface area contributed by atoms with E-state index in [-0.39, 0.29) is 34.8 Å². The molecule has 0 aliphatic carbocycles. The Bertz CT molecular complexity index is 2080. The Morgan fingerprint density at radius 2 is 1.54 bits per heavy atom. The minimum Gasteiger partial charge on any atom is -0.780 e. The summed E-state index contributed by atoms with van der Waals surface area (Å²) in [5.74, 6) is -0.0270. The lowest BCUT2D eigenvalue weighted by molar-refractivity contribution is -0.236. The maximum Gasteiger partial charge on any atom is 0.330 e. The second kappa shape index (κ2) is 14.3. The van der Waals surface area contributed by atoms with Gasteiger partial charge in [0.1, 0.15) is 43.0 Å². The minimum atomic E-state index is -5.48. The van der Waals surface area contributed by atoms with Gasteiger partial charge in [-0.15, -0.1) is 0 Å². The quantitative estimate of drug-likeness (QED) is 0.209. The van der Waals surface area contributed by atoms with E-state index in [1.165, 1.54) is 0 Å². The molecule has 1 aromatic carbocycles. The average Bonchev–Trinajstić information content (AvgIpc) is 3.69. The third-order valence-electron chi connectivity index (χ3n) is 7.81. The van der Waals surface area contributed by atoms with E-state index in [4.69, 9.17) is 45.1 Å². The number of benzene rings is 1. The Morgan fingerprint density at radius 1 is 0.920 bits per heavy atom. The van der Waals surface area contributed by atoms with Crippen LogP contribution in [0, 0.1) is 0 Å². The second-order valence-electron chi connectivity index (χ2n) is 10.8. The number of aromatic nitrogens is 6. The van der Waals surface area contributed by atoms with Crippen molar-refractivity contribution in [1.82, 2.24) is 41.4 Å². The van der Waals surface area contributed by atoms with Crippen LogP contribution >= 0.6 is 14.5 Å². The molecule has 11 N–H and O–H groups in total. The molecule has 0 radical (unpaired) electrons. The van der Waals surface area contributed by atoms with Crippen molar-refractivity contribution in [1.29, 1.82) is 0 Å². The van der Waals surface area contributed by atoms with E-state index < -0.39 is 88.2 Å². The highest BCUT2D eigenvalue weighted by atomic mass is 32.5. The zero-order valence-electron chi connectivity index (χ0n) is 26.0. The molecule has 0 spiro atoms. The van der Waals surface area contributed by atoms with Crippen LogP contribution in [0.1, 0.15) is 12.5 Å². The van der Waals surface area contributed by atoms with Gasteiger partial charge in [-0.2, -0.15) is 0 Å². The van der Waals surface area contributed by atoms with Crippen molar-refractivity contribution in [3.63, 3.8) is 0 Å². The number of rotatable bonds is 3. The summed E-state index contributed by atoms with van der Waals surface area (Å²) in [4.78, 5) is 66.0. The number of phosphoric acid groups is 1. The molecule has 3 aliphatic heterocycles. The van der Waals surface area contributed by atoms with Crippen molar-refractivity contribution in [3.8, 4) is 11.1 Å².